The number of hydrogen-bond acceptors (Lipinski definition) is 3. The van der Waals surface area contributed by atoms with E-state index in [1.165, 1.54) is 5.56 Å². The van der Waals surface area contributed by atoms with Crippen LogP contribution in [0, 0.1) is 0 Å². The maximum atomic E-state index is 6.01. The summed E-state index contributed by atoms with van der Waals surface area (Å²) in [5, 5.41) is 3.12. The fraction of sp³-hybridized carbons (Fsp3) is 0.350. The number of nitrogens with one attached hydrogen (secondary N) is 1. The zero-order chi connectivity index (χ0) is 18.2. The van der Waals surface area contributed by atoms with Crippen molar-refractivity contribution >= 4 is 11.6 Å². The van der Waals surface area contributed by atoms with Gasteiger partial charge in [0.05, 0.1) is 20.8 Å². The van der Waals surface area contributed by atoms with E-state index in [1.54, 1.807) is 14.2 Å². The quantitative estimate of drug-likeness (QED) is 0.586. The van der Waals surface area contributed by atoms with Gasteiger partial charge in [-0.05, 0) is 36.1 Å². The van der Waals surface area contributed by atoms with Gasteiger partial charge in [-0.1, -0.05) is 38.1 Å². The maximum absolute atomic E-state index is 6.01. The third-order valence-corrected chi connectivity index (χ3v) is 4.27. The van der Waals surface area contributed by atoms with Crippen LogP contribution in [-0.4, -0.2) is 20.2 Å². The molecule has 0 saturated heterocycles. The highest BCUT2D eigenvalue weighted by atomic mass is 16.5. The average Bonchev–Trinajstić information content (AvgIpc) is 2.65. The average molecular weight is 341 g/mol. The number of nitrogens with zero attached hydrogens (tertiary/aromatic N) is 1. The Kier molecular flexibility index (Phi) is 6.69. The van der Waals surface area contributed by atoms with Crippen LogP contribution in [0.3, 0.4) is 0 Å². The first-order valence-electron chi connectivity index (χ1n) is 8.45. The first-order valence-corrected chi connectivity index (χ1v) is 8.45. The molecular weight excluding hydrogens is 314 g/mol. The lowest BCUT2D eigenvalue weighted by Crippen LogP contribution is -2.22. The summed E-state index contributed by atoms with van der Waals surface area (Å²) in [6.07, 6.45) is 1.12. The molecule has 0 aliphatic heterocycles. The summed E-state index contributed by atoms with van der Waals surface area (Å²) < 4.78 is 10.7. The summed E-state index contributed by atoms with van der Waals surface area (Å²) >= 11 is 0. The highest BCUT2D eigenvalue weighted by Gasteiger charge is 2.09. The highest BCUT2D eigenvalue weighted by Crippen LogP contribution is 2.31. The van der Waals surface area contributed by atoms with Crippen molar-refractivity contribution in [2.24, 2.45) is 10.7 Å². The predicted molar refractivity (Wildman–Crippen MR) is 104 cm³/mol. The van der Waals surface area contributed by atoms with Crippen LogP contribution in [0.2, 0.25) is 0 Å². The molecule has 3 N–H and O–H groups in total. The normalized spacial score (nSPS) is 12.6. The Morgan fingerprint density at radius 1 is 1.12 bits per heavy atom. The molecule has 0 spiro atoms. The molecule has 0 radical (unpaired) electrons. The van der Waals surface area contributed by atoms with Crippen LogP contribution in [0.4, 0.5) is 5.69 Å². The number of nitrogens with two attached hydrogens (primary N) is 1. The third kappa shape index (κ3) is 4.89. The number of hydrogen-bond donors (Lipinski definition) is 2. The molecular formula is C20H27N3O2. The molecule has 0 amide bonds. The molecule has 0 saturated carbocycles. The van der Waals surface area contributed by atoms with E-state index in [0.29, 0.717) is 29.9 Å². The molecule has 0 aliphatic carbocycles. The zero-order valence-corrected chi connectivity index (χ0v) is 15.4. The number of anilines is 1. The van der Waals surface area contributed by atoms with Crippen LogP contribution >= 0.6 is 0 Å². The Labute approximate surface area is 149 Å². The van der Waals surface area contributed by atoms with Crippen molar-refractivity contribution in [1.29, 1.82) is 0 Å². The number of para-hydroxylation sites is 1. The molecule has 0 bridgehead atoms. The molecule has 0 fully saturated rings. The smallest absolute Gasteiger partial charge is 0.193 e. The van der Waals surface area contributed by atoms with Gasteiger partial charge in [-0.15, -0.1) is 0 Å². The van der Waals surface area contributed by atoms with Crippen LogP contribution in [0.25, 0.3) is 0 Å². The molecule has 2 aromatic carbocycles. The molecule has 2 aromatic rings. The number of ether oxygens (including phenoxy) is 2. The van der Waals surface area contributed by atoms with E-state index in [4.69, 9.17) is 15.2 Å². The summed E-state index contributed by atoms with van der Waals surface area (Å²) in [5.41, 5.74) is 9.17. The van der Waals surface area contributed by atoms with E-state index < -0.39 is 0 Å². The summed E-state index contributed by atoms with van der Waals surface area (Å²) in [6.45, 7) is 4.82. The summed E-state index contributed by atoms with van der Waals surface area (Å²) in [4.78, 5) is 4.40. The lowest BCUT2D eigenvalue weighted by molar-refractivity contribution is 0.352. The van der Waals surface area contributed by atoms with Crippen LogP contribution in [0.15, 0.2) is 47.5 Å². The zero-order valence-electron chi connectivity index (χ0n) is 15.4. The molecule has 5 heteroatoms. The fourth-order valence-corrected chi connectivity index (χ4v) is 2.57. The largest absolute Gasteiger partial charge is 0.493 e. The van der Waals surface area contributed by atoms with Crippen LogP contribution in [-0.2, 0) is 6.54 Å². The van der Waals surface area contributed by atoms with Crippen molar-refractivity contribution in [3.8, 4) is 11.5 Å². The van der Waals surface area contributed by atoms with Gasteiger partial charge in [0.15, 0.2) is 17.5 Å². The molecule has 1 atom stereocenters. The van der Waals surface area contributed by atoms with E-state index in [1.807, 2.05) is 30.3 Å². The van der Waals surface area contributed by atoms with E-state index in [9.17, 15) is 0 Å². The van der Waals surface area contributed by atoms with Crippen LogP contribution < -0.4 is 20.5 Å². The summed E-state index contributed by atoms with van der Waals surface area (Å²) in [5.74, 6) is 2.28. The second kappa shape index (κ2) is 8.97. The first-order chi connectivity index (χ1) is 12.1. The Morgan fingerprint density at radius 3 is 2.44 bits per heavy atom. The van der Waals surface area contributed by atoms with E-state index in [2.05, 4.69) is 36.3 Å². The predicted octanol–water partition coefficient (Wildman–Crippen LogP) is 4.14. The van der Waals surface area contributed by atoms with Gasteiger partial charge in [0.25, 0.3) is 0 Å². The second-order valence-corrected chi connectivity index (χ2v) is 5.91. The number of methoxy groups -OCH3 is 2. The maximum Gasteiger partial charge on any atom is 0.193 e. The Morgan fingerprint density at radius 2 is 1.84 bits per heavy atom. The van der Waals surface area contributed by atoms with Crippen molar-refractivity contribution in [3.05, 3.63) is 53.6 Å². The van der Waals surface area contributed by atoms with Gasteiger partial charge >= 0.3 is 0 Å². The fourth-order valence-electron chi connectivity index (χ4n) is 2.57. The van der Waals surface area contributed by atoms with Crippen molar-refractivity contribution in [1.82, 2.24) is 0 Å². The number of aliphatic imine (C=N–C) groups is 1. The SMILES string of the molecule is CCC(C)c1ccc(NC(N)=NCc2cccc(OC)c2OC)cc1. The summed E-state index contributed by atoms with van der Waals surface area (Å²) in [7, 11) is 3.23. The Balaban J connectivity index is 2.05. The first kappa shape index (κ1) is 18.6. The number of guanidine groups is 1. The topological polar surface area (TPSA) is 68.9 Å². The van der Waals surface area contributed by atoms with E-state index >= 15 is 0 Å². The van der Waals surface area contributed by atoms with E-state index in [-0.39, 0.29) is 0 Å². The highest BCUT2D eigenvalue weighted by molar-refractivity contribution is 5.92. The second-order valence-electron chi connectivity index (χ2n) is 5.91. The van der Waals surface area contributed by atoms with Gasteiger partial charge in [-0.2, -0.15) is 0 Å². The standard InChI is InChI=1S/C20H27N3O2/c1-5-14(2)15-9-11-17(12-10-15)23-20(21)22-13-16-7-6-8-18(24-3)19(16)25-4/h6-12,14H,5,13H2,1-4H3,(H3,21,22,23). The molecule has 0 heterocycles. The lowest BCUT2D eigenvalue weighted by atomic mass is 9.99. The van der Waals surface area contributed by atoms with Gasteiger partial charge < -0.3 is 20.5 Å². The summed E-state index contributed by atoms with van der Waals surface area (Å²) in [6, 6.07) is 14.0. The van der Waals surface area contributed by atoms with Gasteiger partial charge in [0.1, 0.15) is 0 Å². The molecule has 0 aliphatic rings. The van der Waals surface area contributed by atoms with Crippen LogP contribution in [0.5, 0.6) is 11.5 Å². The lowest BCUT2D eigenvalue weighted by Gasteiger charge is -2.12. The minimum absolute atomic E-state index is 0.362. The molecule has 1 unspecified atom stereocenters. The van der Waals surface area contributed by atoms with Crippen molar-refractivity contribution in [2.45, 2.75) is 32.7 Å². The van der Waals surface area contributed by atoms with Crippen molar-refractivity contribution < 1.29 is 9.47 Å². The van der Waals surface area contributed by atoms with Crippen molar-refractivity contribution in [2.75, 3.05) is 19.5 Å². The third-order valence-electron chi connectivity index (χ3n) is 4.27. The van der Waals surface area contributed by atoms with Gasteiger partial charge in [0.2, 0.25) is 0 Å². The number of rotatable bonds is 7. The molecule has 0 aromatic heterocycles. The molecule has 5 nitrogen and oxygen atoms in total. The Hall–Kier alpha value is -2.69. The van der Waals surface area contributed by atoms with Crippen LogP contribution in [0.1, 0.15) is 37.3 Å². The number of benzene rings is 2. The van der Waals surface area contributed by atoms with Gasteiger partial charge in [-0.3, -0.25) is 0 Å². The minimum Gasteiger partial charge on any atom is -0.493 e. The van der Waals surface area contributed by atoms with Gasteiger partial charge in [0, 0.05) is 11.3 Å². The van der Waals surface area contributed by atoms with Gasteiger partial charge in [-0.25, -0.2) is 4.99 Å². The monoisotopic (exact) mass is 341 g/mol. The molecule has 134 valence electrons. The molecule has 2 rings (SSSR count). The molecule has 25 heavy (non-hydrogen) atoms. The minimum atomic E-state index is 0.362. The Bertz CT molecular complexity index is 711. The van der Waals surface area contributed by atoms with Crippen molar-refractivity contribution in [3.63, 3.8) is 0 Å². The van der Waals surface area contributed by atoms with E-state index in [0.717, 1.165) is 17.7 Å².